The van der Waals surface area contributed by atoms with E-state index >= 15 is 0 Å². The molecule has 0 aliphatic carbocycles. The van der Waals surface area contributed by atoms with Gasteiger partial charge in [-0.3, -0.25) is 4.79 Å². The quantitative estimate of drug-likeness (QED) is 0.851. The van der Waals surface area contributed by atoms with Crippen LogP contribution in [0.4, 0.5) is 0 Å². The van der Waals surface area contributed by atoms with Crippen molar-refractivity contribution in [3.8, 4) is 5.75 Å². The number of aromatic nitrogens is 2. The molecule has 0 saturated carbocycles. The van der Waals surface area contributed by atoms with Crippen LogP contribution in [0.1, 0.15) is 18.2 Å². The van der Waals surface area contributed by atoms with E-state index in [2.05, 4.69) is 15.5 Å². The SMILES string of the molecule is Cc1nnc(CNC(=O)CCOc2ccccc2)o1. The summed E-state index contributed by atoms with van der Waals surface area (Å²) in [6.45, 7) is 2.27. The van der Waals surface area contributed by atoms with Crippen molar-refractivity contribution in [1.29, 1.82) is 0 Å². The average Bonchev–Trinajstić information content (AvgIpc) is 2.83. The second-order valence-corrected chi connectivity index (χ2v) is 3.90. The van der Waals surface area contributed by atoms with Crippen LogP contribution in [0.5, 0.6) is 5.75 Å². The van der Waals surface area contributed by atoms with Gasteiger partial charge < -0.3 is 14.5 Å². The summed E-state index contributed by atoms with van der Waals surface area (Å²) < 4.78 is 10.6. The molecule has 2 aromatic rings. The normalized spacial score (nSPS) is 10.2. The Morgan fingerprint density at radius 1 is 1.32 bits per heavy atom. The Hall–Kier alpha value is -2.37. The molecule has 0 saturated heterocycles. The molecule has 0 aliphatic heterocycles. The first-order chi connectivity index (χ1) is 9.24. The summed E-state index contributed by atoms with van der Waals surface area (Å²) >= 11 is 0. The summed E-state index contributed by atoms with van der Waals surface area (Å²) in [6.07, 6.45) is 0.280. The highest BCUT2D eigenvalue weighted by Crippen LogP contribution is 2.08. The number of amides is 1. The first-order valence-electron chi connectivity index (χ1n) is 5.97. The molecule has 0 radical (unpaired) electrons. The van der Waals surface area contributed by atoms with E-state index in [0.29, 0.717) is 18.4 Å². The number of benzene rings is 1. The predicted molar refractivity (Wildman–Crippen MR) is 67.4 cm³/mol. The summed E-state index contributed by atoms with van der Waals surface area (Å²) in [5, 5.41) is 10.1. The molecule has 1 amide bonds. The molecule has 19 heavy (non-hydrogen) atoms. The van der Waals surface area contributed by atoms with Crippen molar-refractivity contribution in [3.63, 3.8) is 0 Å². The number of para-hydroxylation sites is 1. The van der Waals surface area contributed by atoms with Crippen LogP contribution in [0, 0.1) is 6.92 Å². The smallest absolute Gasteiger partial charge is 0.235 e. The van der Waals surface area contributed by atoms with Gasteiger partial charge in [0.15, 0.2) is 0 Å². The lowest BCUT2D eigenvalue weighted by atomic mass is 10.3. The van der Waals surface area contributed by atoms with Crippen molar-refractivity contribution in [2.75, 3.05) is 6.61 Å². The van der Waals surface area contributed by atoms with E-state index in [9.17, 15) is 4.79 Å². The molecule has 0 bridgehead atoms. The first kappa shape index (κ1) is 13.1. The number of carbonyl (C=O) groups excluding carboxylic acids is 1. The molecule has 0 unspecified atom stereocenters. The van der Waals surface area contributed by atoms with E-state index in [4.69, 9.17) is 9.15 Å². The highest BCUT2D eigenvalue weighted by Gasteiger charge is 2.05. The Bertz CT molecular complexity index is 525. The minimum absolute atomic E-state index is 0.119. The summed E-state index contributed by atoms with van der Waals surface area (Å²) in [4.78, 5) is 11.5. The molecule has 1 aromatic heterocycles. The van der Waals surface area contributed by atoms with Crippen molar-refractivity contribution in [2.24, 2.45) is 0 Å². The Morgan fingerprint density at radius 2 is 2.11 bits per heavy atom. The minimum atomic E-state index is -0.119. The first-order valence-corrected chi connectivity index (χ1v) is 5.97. The third kappa shape index (κ3) is 4.42. The number of hydrogen-bond acceptors (Lipinski definition) is 5. The van der Waals surface area contributed by atoms with Gasteiger partial charge in [0, 0.05) is 6.92 Å². The van der Waals surface area contributed by atoms with Crippen molar-refractivity contribution >= 4 is 5.91 Å². The molecule has 6 heteroatoms. The van der Waals surface area contributed by atoms with Crippen molar-refractivity contribution < 1.29 is 13.9 Å². The number of rotatable bonds is 6. The summed E-state index contributed by atoms with van der Waals surface area (Å²) in [7, 11) is 0. The molecule has 0 aliphatic rings. The zero-order valence-electron chi connectivity index (χ0n) is 10.6. The Morgan fingerprint density at radius 3 is 2.79 bits per heavy atom. The van der Waals surface area contributed by atoms with Gasteiger partial charge in [0.2, 0.25) is 17.7 Å². The van der Waals surface area contributed by atoms with Crippen LogP contribution in [-0.4, -0.2) is 22.7 Å². The van der Waals surface area contributed by atoms with E-state index in [-0.39, 0.29) is 18.9 Å². The van der Waals surface area contributed by atoms with E-state index in [1.807, 2.05) is 30.3 Å². The third-order valence-electron chi connectivity index (χ3n) is 2.35. The third-order valence-corrected chi connectivity index (χ3v) is 2.35. The maximum Gasteiger partial charge on any atom is 0.235 e. The maximum absolute atomic E-state index is 11.5. The van der Waals surface area contributed by atoms with Crippen molar-refractivity contribution in [2.45, 2.75) is 19.9 Å². The van der Waals surface area contributed by atoms with Gasteiger partial charge in [-0.2, -0.15) is 0 Å². The number of nitrogens with zero attached hydrogens (tertiary/aromatic N) is 2. The summed E-state index contributed by atoms with van der Waals surface area (Å²) in [6, 6.07) is 9.37. The van der Waals surface area contributed by atoms with Crippen molar-refractivity contribution in [1.82, 2.24) is 15.5 Å². The molecule has 1 heterocycles. The molecule has 100 valence electrons. The molecule has 0 spiro atoms. The largest absolute Gasteiger partial charge is 0.493 e. The van der Waals surface area contributed by atoms with Crippen LogP contribution in [0.2, 0.25) is 0 Å². The minimum Gasteiger partial charge on any atom is -0.493 e. The molecule has 6 nitrogen and oxygen atoms in total. The Labute approximate surface area is 110 Å². The monoisotopic (exact) mass is 261 g/mol. The standard InChI is InChI=1S/C13H15N3O3/c1-10-15-16-13(19-10)9-14-12(17)7-8-18-11-5-3-2-4-6-11/h2-6H,7-9H2,1H3,(H,14,17). The highest BCUT2D eigenvalue weighted by molar-refractivity contribution is 5.75. The van der Waals surface area contributed by atoms with Gasteiger partial charge in [-0.05, 0) is 12.1 Å². The van der Waals surface area contributed by atoms with Crippen LogP contribution in [0.3, 0.4) is 0 Å². The zero-order valence-corrected chi connectivity index (χ0v) is 10.6. The molecule has 2 rings (SSSR count). The van der Waals surface area contributed by atoms with Gasteiger partial charge in [-0.25, -0.2) is 0 Å². The predicted octanol–water partition coefficient (Wildman–Crippen LogP) is 1.46. The number of ether oxygens (including phenoxy) is 1. The van der Waals surface area contributed by atoms with Gasteiger partial charge >= 0.3 is 0 Å². The zero-order chi connectivity index (χ0) is 13.5. The average molecular weight is 261 g/mol. The topological polar surface area (TPSA) is 77.2 Å². The Kier molecular flexibility index (Phi) is 4.49. The van der Waals surface area contributed by atoms with Crippen LogP contribution < -0.4 is 10.1 Å². The van der Waals surface area contributed by atoms with E-state index in [1.54, 1.807) is 6.92 Å². The van der Waals surface area contributed by atoms with Gasteiger partial charge in [0.1, 0.15) is 5.75 Å². The van der Waals surface area contributed by atoms with E-state index < -0.39 is 0 Å². The summed E-state index contributed by atoms with van der Waals surface area (Å²) in [5.41, 5.74) is 0. The van der Waals surface area contributed by atoms with E-state index in [1.165, 1.54) is 0 Å². The molecule has 1 N–H and O–H groups in total. The highest BCUT2D eigenvalue weighted by atomic mass is 16.5. The number of carbonyl (C=O) groups is 1. The number of aryl methyl sites for hydroxylation is 1. The fourth-order valence-electron chi connectivity index (χ4n) is 1.45. The molecular formula is C13H15N3O3. The van der Waals surface area contributed by atoms with Crippen molar-refractivity contribution in [3.05, 3.63) is 42.1 Å². The molecule has 0 atom stereocenters. The fourth-order valence-corrected chi connectivity index (χ4v) is 1.45. The van der Waals surface area contributed by atoms with Gasteiger partial charge in [-0.15, -0.1) is 10.2 Å². The van der Waals surface area contributed by atoms with Gasteiger partial charge in [0.25, 0.3) is 0 Å². The molecule has 0 fully saturated rings. The number of hydrogen-bond donors (Lipinski definition) is 1. The Balaban J connectivity index is 1.65. The fraction of sp³-hybridized carbons (Fsp3) is 0.308. The summed E-state index contributed by atoms with van der Waals surface area (Å²) in [5.74, 6) is 1.51. The van der Waals surface area contributed by atoms with Gasteiger partial charge in [0.05, 0.1) is 19.6 Å². The van der Waals surface area contributed by atoms with Crippen LogP contribution in [0.15, 0.2) is 34.7 Å². The van der Waals surface area contributed by atoms with Crippen LogP contribution in [-0.2, 0) is 11.3 Å². The lowest BCUT2D eigenvalue weighted by Gasteiger charge is -2.05. The molecule has 1 aromatic carbocycles. The number of nitrogens with one attached hydrogen (secondary N) is 1. The van der Waals surface area contributed by atoms with E-state index in [0.717, 1.165) is 5.75 Å². The lowest BCUT2D eigenvalue weighted by molar-refractivity contribution is -0.121. The maximum atomic E-state index is 11.5. The van der Waals surface area contributed by atoms with Crippen LogP contribution in [0.25, 0.3) is 0 Å². The lowest BCUT2D eigenvalue weighted by Crippen LogP contribution is -2.24. The van der Waals surface area contributed by atoms with Gasteiger partial charge in [-0.1, -0.05) is 18.2 Å². The second-order valence-electron chi connectivity index (χ2n) is 3.90. The molecular weight excluding hydrogens is 246 g/mol. The van der Waals surface area contributed by atoms with Crippen LogP contribution >= 0.6 is 0 Å². The second kappa shape index (κ2) is 6.53.